The summed E-state index contributed by atoms with van der Waals surface area (Å²) in [5.74, 6) is 0.618. The van der Waals surface area contributed by atoms with Gasteiger partial charge >= 0.3 is 6.03 Å². The van der Waals surface area contributed by atoms with Crippen molar-refractivity contribution >= 4 is 33.3 Å². The highest BCUT2D eigenvalue weighted by atomic mass is 32.1. The fourth-order valence-electron chi connectivity index (χ4n) is 4.51. The molecule has 0 bridgehead atoms. The van der Waals surface area contributed by atoms with Crippen molar-refractivity contribution in [2.45, 2.75) is 51.6 Å². The molecule has 1 aliphatic carbocycles. The van der Waals surface area contributed by atoms with Crippen LogP contribution in [0.4, 0.5) is 20.1 Å². The van der Waals surface area contributed by atoms with Gasteiger partial charge in [0.1, 0.15) is 11.5 Å². The number of carbonyl (C=O) groups excluding carboxylic acids is 1. The topological polar surface area (TPSA) is 77.8 Å². The number of nitrogens with zero attached hydrogens (tertiary/aromatic N) is 5. The lowest BCUT2D eigenvalue weighted by Crippen LogP contribution is -2.52. The lowest BCUT2D eigenvalue weighted by Gasteiger charge is -2.34. The number of benzene rings is 1. The third-order valence-electron chi connectivity index (χ3n) is 6.26. The molecule has 2 amide bonds. The summed E-state index contributed by atoms with van der Waals surface area (Å²) in [5.41, 5.74) is 1.68. The SMILES string of the molecule is CC(C)NC(=O)N1CCN(c2nn3c(NC4CCCC4)c(-c4ccc(F)cc4)nc3s2)CC1. The zero-order valence-electron chi connectivity index (χ0n) is 19.1. The van der Waals surface area contributed by atoms with Crippen LogP contribution in [0.3, 0.4) is 0 Å². The van der Waals surface area contributed by atoms with Gasteiger partial charge in [-0.3, -0.25) is 0 Å². The average molecular weight is 472 g/mol. The molecule has 3 heterocycles. The molecule has 2 N–H and O–H groups in total. The molecule has 1 saturated heterocycles. The fourth-order valence-corrected chi connectivity index (χ4v) is 5.46. The number of hydrogen-bond donors (Lipinski definition) is 2. The van der Waals surface area contributed by atoms with Crippen molar-refractivity contribution < 1.29 is 9.18 Å². The van der Waals surface area contributed by atoms with Crippen LogP contribution in [0.5, 0.6) is 0 Å². The van der Waals surface area contributed by atoms with Gasteiger partial charge in [-0.1, -0.05) is 24.2 Å². The summed E-state index contributed by atoms with van der Waals surface area (Å²) in [4.78, 5) is 22.1. The summed E-state index contributed by atoms with van der Waals surface area (Å²) in [6.07, 6.45) is 4.71. The maximum Gasteiger partial charge on any atom is 0.317 e. The number of rotatable bonds is 5. The Morgan fingerprint density at radius 3 is 2.48 bits per heavy atom. The highest BCUT2D eigenvalue weighted by Crippen LogP contribution is 2.35. The molecule has 176 valence electrons. The largest absolute Gasteiger partial charge is 0.365 e. The molecule has 2 fully saturated rings. The van der Waals surface area contributed by atoms with Crippen molar-refractivity contribution in [3.63, 3.8) is 0 Å². The number of nitrogens with one attached hydrogen (secondary N) is 2. The molecule has 2 aliphatic rings. The number of hydrogen-bond acceptors (Lipinski definition) is 6. The van der Waals surface area contributed by atoms with Crippen molar-refractivity contribution in [2.75, 3.05) is 36.4 Å². The first-order chi connectivity index (χ1) is 16.0. The Balaban J connectivity index is 1.39. The normalized spacial score (nSPS) is 17.3. The van der Waals surface area contributed by atoms with Crippen LogP contribution in [0.15, 0.2) is 24.3 Å². The van der Waals surface area contributed by atoms with E-state index in [2.05, 4.69) is 15.5 Å². The van der Waals surface area contributed by atoms with Crippen molar-refractivity contribution in [1.82, 2.24) is 24.8 Å². The van der Waals surface area contributed by atoms with E-state index in [9.17, 15) is 9.18 Å². The van der Waals surface area contributed by atoms with E-state index in [4.69, 9.17) is 10.1 Å². The maximum atomic E-state index is 13.5. The minimum absolute atomic E-state index is 0.00872. The molecular weight excluding hydrogens is 441 g/mol. The first-order valence-electron chi connectivity index (χ1n) is 11.7. The van der Waals surface area contributed by atoms with Crippen molar-refractivity contribution in [2.24, 2.45) is 0 Å². The Labute approximate surface area is 196 Å². The van der Waals surface area contributed by atoms with Crippen LogP contribution in [0, 0.1) is 5.82 Å². The summed E-state index contributed by atoms with van der Waals surface area (Å²) in [5, 5.41) is 12.4. The van der Waals surface area contributed by atoms with E-state index in [1.54, 1.807) is 23.5 Å². The van der Waals surface area contributed by atoms with E-state index in [1.807, 2.05) is 23.3 Å². The minimum Gasteiger partial charge on any atom is -0.365 e. The smallest absolute Gasteiger partial charge is 0.317 e. The first-order valence-corrected chi connectivity index (χ1v) is 12.5. The van der Waals surface area contributed by atoms with Crippen molar-refractivity contribution in [3.05, 3.63) is 30.1 Å². The van der Waals surface area contributed by atoms with E-state index in [0.29, 0.717) is 19.1 Å². The second-order valence-corrected chi connectivity index (χ2v) is 10.0. The Morgan fingerprint density at radius 2 is 1.82 bits per heavy atom. The second kappa shape index (κ2) is 9.17. The quantitative estimate of drug-likeness (QED) is 0.583. The van der Waals surface area contributed by atoms with Crippen molar-refractivity contribution in [3.8, 4) is 11.3 Å². The van der Waals surface area contributed by atoms with E-state index in [-0.39, 0.29) is 17.9 Å². The van der Waals surface area contributed by atoms with Crippen molar-refractivity contribution in [1.29, 1.82) is 0 Å². The molecule has 1 aliphatic heterocycles. The molecule has 8 nitrogen and oxygen atoms in total. The lowest BCUT2D eigenvalue weighted by atomic mass is 10.1. The molecule has 0 radical (unpaired) electrons. The molecule has 1 saturated carbocycles. The molecule has 5 rings (SSSR count). The van der Waals surface area contributed by atoms with Crippen LogP contribution in [-0.4, -0.2) is 63.8 Å². The predicted molar refractivity (Wildman–Crippen MR) is 130 cm³/mol. The Kier molecular flexibility index (Phi) is 6.09. The van der Waals surface area contributed by atoms with Crippen LogP contribution in [-0.2, 0) is 0 Å². The van der Waals surface area contributed by atoms with Crippen LogP contribution in [0.2, 0.25) is 0 Å². The summed E-state index contributed by atoms with van der Waals surface area (Å²) in [6, 6.07) is 6.99. The first kappa shape index (κ1) is 21.9. The number of fused-ring (bicyclic) bond motifs is 1. The van der Waals surface area contributed by atoms with Gasteiger partial charge in [0.15, 0.2) is 5.82 Å². The van der Waals surface area contributed by atoms with Gasteiger partial charge in [-0.25, -0.2) is 14.2 Å². The zero-order valence-corrected chi connectivity index (χ0v) is 19.9. The number of anilines is 2. The molecule has 10 heteroatoms. The van der Waals surface area contributed by atoms with Crippen LogP contribution < -0.4 is 15.5 Å². The minimum atomic E-state index is -0.258. The predicted octanol–water partition coefficient (Wildman–Crippen LogP) is 4.19. The molecule has 2 aromatic heterocycles. The molecular formula is C23H30FN7OS. The van der Waals surface area contributed by atoms with Crippen LogP contribution in [0.1, 0.15) is 39.5 Å². The Bertz CT molecular complexity index is 1110. The summed E-state index contributed by atoms with van der Waals surface area (Å²) < 4.78 is 15.4. The van der Waals surface area contributed by atoms with Gasteiger partial charge < -0.3 is 20.4 Å². The number of aromatic nitrogens is 3. The third-order valence-corrected chi connectivity index (χ3v) is 7.23. The number of amides is 2. The number of carbonyl (C=O) groups is 1. The van der Waals surface area contributed by atoms with Gasteiger partial charge in [-0.2, -0.15) is 4.52 Å². The molecule has 1 aromatic carbocycles. The van der Waals surface area contributed by atoms with Gasteiger partial charge in [0.25, 0.3) is 0 Å². The highest BCUT2D eigenvalue weighted by Gasteiger charge is 2.27. The summed E-state index contributed by atoms with van der Waals surface area (Å²) in [7, 11) is 0. The zero-order chi connectivity index (χ0) is 22.9. The van der Waals surface area contributed by atoms with Crippen LogP contribution >= 0.6 is 11.3 Å². The van der Waals surface area contributed by atoms with Crippen LogP contribution in [0.25, 0.3) is 16.2 Å². The highest BCUT2D eigenvalue weighted by molar-refractivity contribution is 7.20. The molecule has 3 aromatic rings. The molecule has 0 unspecified atom stereocenters. The molecule has 0 spiro atoms. The number of imidazole rings is 1. The molecule has 33 heavy (non-hydrogen) atoms. The average Bonchev–Trinajstić information content (AvgIpc) is 3.52. The summed E-state index contributed by atoms with van der Waals surface area (Å²) >= 11 is 1.55. The van der Waals surface area contributed by atoms with Gasteiger partial charge in [0.2, 0.25) is 10.1 Å². The standard InChI is InChI=1S/C23H30FN7OS/c1-15(2)25-21(32)29-11-13-30(14-12-29)23-28-31-20(26-18-5-3-4-6-18)19(27-22(31)33-23)16-7-9-17(24)10-8-16/h7-10,15,18,26H,3-6,11-14H2,1-2H3,(H,25,32). The number of urea groups is 1. The summed E-state index contributed by atoms with van der Waals surface area (Å²) in [6.45, 7) is 6.73. The van der Waals surface area contributed by atoms with E-state index >= 15 is 0 Å². The van der Waals surface area contributed by atoms with E-state index < -0.39 is 0 Å². The maximum absolute atomic E-state index is 13.5. The van der Waals surface area contributed by atoms with E-state index in [1.165, 1.54) is 25.0 Å². The van der Waals surface area contributed by atoms with Gasteiger partial charge in [-0.15, -0.1) is 5.10 Å². The second-order valence-electron chi connectivity index (χ2n) is 9.10. The Morgan fingerprint density at radius 1 is 1.12 bits per heavy atom. The van der Waals surface area contributed by atoms with E-state index in [0.717, 1.165) is 53.1 Å². The van der Waals surface area contributed by atoms with Gasteiger partial charge in [-0.05, 0) is 51.0 Å². The number of halogens is 1. The Hall–Kier alpha value is -2.88. The van der Waals surface area contributed by atoms with Gasteiger partial charge in [0.05, 0.1) is 0 Å². The number of piperazine rings is 1. The monoisotopic (exact) mass is 471 g/mol. The molecule has 0 atom stereocenters. The third kappa shape index (κ3) is 4.62. The lowest BCUT2D eigenvalue weighted by molar-refractivity contribution is 0.192. The fraction of sp³-hybridized carbons (Fsp3) is 0.522. The van der Waals surface area contributed by atoms with Gasteiger partial charge in [0, 0.05) is 43.8 Å².